The number of amides is 2. The topological polar surface area (TPSA) is 87.2 Å². The van der Waals surface area contributed by atoms with Gasteiger partial charge in [-0.2, -0.15) is 0 Å². The van der Waals surface area contributed by atoms with Gasteiger partial charge in [0.05, 0.1) is 23.2 Å². The van der Waals surface area contributed by atoms with E-state index >= 15 is 0 Å². The lowest BCUT2D eigenvalue weighted by Gasteiger charge is -2.40. The van der Waals surface area contributed by atoms with Gasteiger partial charge in [-0.25, -0.2) is 0 Å². The molecule has 3 unspecified atom stereocenters. The summed E-state index contributed by atoms with van der Waals surface area (Å²) in [5, 5.41) is 11.8. The number of likely N-dealkylation sites (tertiary alicyclic amines) is 1. The molecule has 0 radical (unpaired) electrons. The maximum atomic E-state index is 14.5. The Labute approximate surface area is 221 Å². The number of rotatable bonds is 9. The number of nitrogens with zero attached hydrogens (tertiary/aromatic N) is 2. The van der Waals surface area contributed by atoms with Gasteiger partial charge in [-0.15, -0.1) is 18.3 Å². The molecule has 3 heterocycles. The van der Waals surface area contributed by atoms with E-state index in [0.717, 1.165) is 17.2 Å². The standard InChI is InChI=1S/C29H32N2O5S/c1-4-12-30(21-11-10-19-8-6-7-9-20(19)17-21)27(34)25-29-18(3)16-22(37-29)23(28(35)36-15-5-2)24(29)26(33)31(25)13-14-32/h4-11,17-18,22-25,32H,1-2,12-16H2,3H3/t18?,22-,23+,24-,25?,29?/m0/s1. The number of carbonyl (C=O) groups excluding carboxylic acids is 3. The fourth-order valence-electron chi connectivity index (χ4n) is 6.60. The largest absolute Gasteiger partial charge is 0.461 e. The van der Waals surface area contributed by atoms with Crippen LogP contribution in [0, 0.1) is 17.8 Å². The van der Waals surface area contributed by atoms with Crippen LogP contribution in [0.5, 0.6) is 0 Å². The van der Waals surface area contributed by atoms with Gasteiger partial charge in [0.1, 0.15) is 12.6 Å². The van der Waals surface area contributed by atoms with E-state index in [1.807, 2.05) is 42.5 Å². The second-order valence-electron chi connectivity index (χ2n) is 10.00. The van der Waals surface area contributed by atoms with E-state index in [0.29, 0.717) is 5.69 Å². The Bertz CT molecular complexity index is 1260. The van der Waals surface area contributed by atoms with E-state index in [1.54, 1.807) is 22.7 Å². The van der Waals surface area contributed by atoms with Crippen molar-refractivity contribution in [2.75, 3.05) is 31.2 Å². The highest BCUT2D eigenvalue weighted by molar-refractivity contribution is 8.02. The average molecular weight is 521 g/mol. The molecular formula is C29H32N2O5S. The van der Waals surface area contributed by atoms with Crippen LogP contribution in [0.3, 0.4) is 0 Å². The maximum Gasteiger partial charge on any atom is 0.311 e. The molecule has 1 spiro atoms. The summed E-state index contributed by atoms with van der Waals surface area (Å²) in [5.41, 5.74) is 0.715. The minimum Gasteiger partial charge on any atom is -0.461 e. The zero-order valence-corrected chi connectivity index (χ0v) is 21.7. The lowest BCUT2D eigenvalue weighted by molar-refractivity contribution is -0.153. The first-order valence-electron chi connectivity index (χ1n) is 12.7. The first-order chi connectivity index (χ1) is 17.9. The number of thioether (sulfide) groups is 1. The van der Waals surface area contributed by atoms with Gasteiger partial charge in [0.25, 0.3) is 5.91 Å². The number of hydrogen-bond acceptors (Lipinski definition) is 6. The molecular weight excluding hydrogens is 488 g/mol. The van der Waals surface area contributed by atoms with Gasteiger partial charge < -0.3 is 19.6 Å². The zero-order valence-electron chi connectivity index (χ0n) is 20.9. The van der Waals surface area contributed by atoms with Crippen LogP contribution >= 0.6 is 11.8 Å². The highest BCUT2D eigenvalue weighted by atomic mass is 32.2. The lowest BCUT2D eigenvalue weighted by Crippen LogP contribution is -2.57. The summed E-state index contributed by atoms with van der Waals surface area (Å²) < 4.78 is 4.63. The summed E-state index contributed by atoms with van der Waals surface area (Å²) in [6, 6.07) is 13.0. The number of hydrogen-bond donors (Lipinski definition) is 1. The number of ether oxygens (including phenoxy) is 1. The van der Waals surface area contributed by atoms with Crippen molar-refractivity contribution in [2.24, 2.45) is 17.8 Å². The molecule has 3 aliphatic rings. The molecule has 0 aliphatic carbocycles. The van der Waals surface area contributed by atoms with Gasteiger partial charge >= 0.3 is 5.97 Å². The first kappa shape index (κ1) is 25.5. The summed E-state index contributed by atoms with van der Waals surface area (Å²) in [4.78, 5) is 44.6. The van der Waals surface area contributed by atoms with Gasteiger partial charge in [-0.05, 0) is 35.2 Å². The van der Waals surface area contributed by atoms with E-state index < -0.39 is 28.6 Å². The van der Waals surface area contributed by atoms with Crippen LogP contribution in [0.1, 0.15) is 13.3 Å². The molecule has 0 saturated carbocycles. The van der Waals surface area contributed by atoms with Crippen LogP contribution < -0.4 is 4.90 Å². The van der Waals surface area contributed by atoms with Crippen molar-refractivity contribution in [3.63, 3.8) is 0 Å². The molecule has 2 aromatic carbocycles. The van der Waals surface area contributed by atoms with Crippen molar-refractivity contribution in [2.45, 2.75) is 29.4 Å². The number of aliphatic hydroxyl groups is 1. The molecule has 7 nitrogen and oxygen atoms in total. The lowest BCUT2D eigenvalue weighted by atomic mass is 9.66. The molecule has 3 saturated heterocycles. The molecule has 8 heteroatoms. The normalized spacial score (nSPS) is 29.8. The summed E-state index contributed by atoms with van der Waals surface area (Å²) in [6.07, 6.45) is 3.90. The molecule has 2 bridgehead atoms. The highest BCUT2D eigenvalue weighted by Crippen LogP contribution is 2.68. The Balaban J connectivity index is 1.58. The van der Waals surface area contributed by atoms with Gasteiger partial charge in [0.2, 0.25) is 5.91 Å². The Morgan fingerprint density at radius 3 is 2.68 bits per heavy atom. The van der Waals surface area contributed by atoms with Crippen molar-refractivity contribution in [3.05, 3.63) is 67.8 Å². The first-order valence-corrected chi connectivity index (χ1v) is 13.5. The number of esters is 1. The van der Waals surface area contributed by atoms with Crippen molar-refractivity contribution in [1.29, 1.82) is 0 Å². The zero-order chi connectivity index (χ0) is 26.3. The van der Waals surface area contributed by atoms with Gasteiger partial charge in [0.15, 0.2) is 0 Å². The van der Waals surface area contributed by atoms with E-state index in [2.05, 4.69) is 20.1 Å². The monoisotopic (exact) mass is 520 g/mol. The molecule has 0 aromatic heterocycles. The quantitative estimate of drug-likeness (QED) is 0.403. The number of aliphatic hydroxyl groups excluding tert-OH is 1. The Kier molecular flexibility index (Phi) is 6.89. The van der Waals surface area contributed by atoms with Crippen molar-refractivity contribution >= 4 is 46.0 Å². The fraction of sp³-hybridized carbons (Fsp3) is 0.414. The summed E-state index contributed by atoms with van der Waals surface area (Å²) in [6.45, 7) is 9.64. The number of β-amino-alcohol motifs (C(OH)–C–C–N with tert-alkyl or cyclic N) is 1. The van der Waals surface area contributed by atoms with E-state index in [1.165, 1.54) is 11.0 Å². The Hall–Kier alpha value is -3.10. The summed E-state index contributed by atoms with van der Waals surface area (Å²) in [5.74, 6) is -2.17. The average Bonchev–Trinajstić information content (AvgIpc) is 3.49. The predicted octanol–water partition coefficient (Wildman–Crippen LogP) is 3.42. The van der Waals surface area contributed by atoms with Crippen LogP contribution in [0.25, 0.3) is 10.8 Å². The number of fused-ring (bicyclic) bond motifs is 2. The number of benzene rings is 2. The van der Waals surface area contributed by atoms with Gasteiger partial charge in [0, 0.05) is 24.0 Å². The van der Waals surface area contributed by atoms with Crippen LogP contribution in [0.4, 0.5) is 5.69 Å². The van der Waals surface area contributed by atoms with Crippen LogP contribution in [-0.4, -0.2) is 70.1 Å². The third-order valence-corrected chi connectivity index (χ3v) is 10.1. The molecule has 5 rings (SSSR count). The number of carbonyl (C=O) groups is 3. The van der Waals surface area contributed by atoms with Gasteiger partial charge in [-0.3, -0.25) is 14.4 Å². The Morgan fingerprint density at radius 2 is 1.97 bits per heavy atom. The van der Waals surface area contributed by atoms with Crippen molar-refractivity contribution in [3.8, 4) is 0 Å². The van der Waals surface area contributed by atoms with E-state index in [9.17, 15) is 19.5 Å². The van der Waals surface area contributed by atoms with Gasteiger partial charge in [-0.1, -0.05) is 56.0 Å². The fourth-order valence-corrected chi connectivity index (χ4v) is 9.00. The number of anilines is 1. The van der Waals surface area contributed by atoms with Crippen molar-refractivity contribution < 1.29 is 24.2 Å². The second kappa shape index (κ2) is 9.99. The van der Waals surface area contributed by atoms with E-state index in [-0.39, 0.29) is 49.3 Å². The molecule has 37 heavy (non-hydrogen) atoms. The third kappa shape index (κ3) is 3.89. The predicted molar refractivity (Wildman–Crippen MR) is 145 cm³/mol. The van der Waals surface area contributed by atoms with Crippen LogP contribution in [-0.2, 0) is 19.1 Å². The SMILES string of the molecule is C=CCOC(=O)[C@@H]1[C@@H]2CC(C)C3(S2)C(C(=O)N(CC=C)c2ccc4ccccc4c2)N(CCO)C(=O)[C@H]13. The Morgan fingerprint density at radius 1 is 1.22 bits per heavy atom. The van der Waals surface area contributed by atoms with E-state index in [4.69, 9.17) is 4.74 Å². The minimum absolute atomic E-state index is 0.0273. The molecule has 3 fully saturated rings. The molecule has 194 valence electrons. The van der Waals surface area contributed by atoms with Crippen LogP contribution in [0.15, 0.2) is 67.8 Å². The maximum absolute atomic E-state index is 14.5. The van der Waals surface area contributed by atoms with Crippen molar-refractivity contribution in [1.82, 2.24) is 4.90 Å². The molecule has 2 aromatic rings. The summed E-state index contributed by atoms with van der Waals surface area (Å²) >= 11 is 1.59. The molecule has 2 amide bonds. The highest BCUT2D eigenvalue weighted by Gasteiger charge is 2.76. The summed E-state index contributed by atoms with van der Waals surface area (Å²) in [7, 11) is 0. The third-order valence-electron chi connectivity index (χ3n) is 8.06. The smallest absolute Gasteiger partial charge is 0.311 e. The second-order valence-corrected chi connectivity index (χ2v) is 11.5. The minimum atomic E-state index is -0.814. The molecule has 3 aliphatic heterocycles. The van der Waals surface area contributed by atoms with Crippen LogP contribution in [0.2, 0.25) is 0 Å². The molecule has 6 atom stereocenters. The molecule has 1 N–H and O–H groups in total.